The van der Waals surface area contributed by atoms with E-state index in [1.165, 1.54) is 0 Å². The summed E-state index contributed by atoms with van der Waals surface area (Å²) in [6.45, 7) is 19.1. The molecule has 80 valence electrons. The van der Waals surface area contributed by atoms with E-state index in [2.05, 4.69) is 55.0 Å². The van der Waals surface area contributed by atoms with E-state index < -0.39 is 8.32 Å². The van der Waals surface area contributed by atoms with Crippen molar-refractivity contribution in [2.75, 3.05) is 6.61 Å². The molecule has 0 N–H and O–H groups in total. The van der Waals surface area contributed by atoms with Gasteiger partial charge in [-0.3, -0.25) is 0 Å². The molecule has 0 rings (SSSR count). The Morgan fingerprint density at radius 1 is 0.923 bits per heavy atom. The topological polar surface area (TPSA) is 9.23 Å². The van der Waals surface area contributed by atoms with Gasteiger partial charge in [-0.25, -0.2) is 0 Å². The highest BCUT2D eigenvalue weighted by Crippen LogP contribution is 2.51. The summed E-state index contributed by atoms with van der Waals surface area (Å²) < 4.78 is 6.10. The van der Waals surface area contributed by atoms with Crippen LogP contribution in [0, 0.1) is 0 Å². The third kappa shape index (κ3) is 2.56. The van der Waals surface area contributed by atoms with Gasteiger partial charge in [0.2, 0.25) is 0 Å². The molecule has 0 aromatic carbocycles. The molecule has 0 saturated heterocycles. The Morgan fingerprint density at radius 3 is 1.31 bits per heavy atom. The molecule has 0 heterocycles. The number of rotatable bonds is 2. The molecule has 1 nitrogen and oxygen atoms in total. The summed E-state index contributed by atoms with van der Waals surface area (Å²) in [7, 11) is -1.65. The Bertz CT molecular complexity index is 148. The van der Waals surface area contributed by atoms with Crippen molar-refractivity contribution in [3.05, 3.63) is 0 Å². The van der Waals surface area contributed by atoms with Crippen LogP contribution in [-0.4, -0.2) is 14.9 Å². The molecule has 0 fully saturated rings. The lowest BCUT2D eigenvalue weighted by Crippen LogP contribution is -2.51. The first-order chi connectivity index (χ1) is 5.56. The van der Waals surface area contributed by atoms with Crippen molar-refractivity contribution in [2.24, 2.45) is 0 Å². The summed E-state index contributed by atoms with van der Waals surface area (Å²) in [6, 6.07) is 0. The SMILES string of the molecule is CCO[Si](C)(C(C)(C)C)C(C)(C)C. The Balaban J connectivity index is 4.96. The van der Waals surface area contributed by atoms with Gasteiger partial charge in [-0.2, -0.15) is 0 Å². The van der Waals surface area contributed by atoms with Crippen molar-refractivity contribution >= 4 is 8.32 Å². The van der Waals surface area contributed by atoms with E-state index >= 15 is 0 Å². The highest BCUT2D eigenvalue weighted by Gasteiger charge is 2.50. The van der Waals surface area contributed by atoms with Crippen LogP contribution in [0.3, 0.4) is 0 Å². The molecular formula is C11H26OSi. The van der Waals surface area contributed by atoms with Crippen LogP contribution in [0.25, 0.3) is 0 Å². The first-order valence-corrected chi connectivity index (χ1v) is 7.61. The second-order valence-electron chi connectivity index (χ2n) is 5.97. The molecule has 0 radical (unpaired) electrons. The average molecular weight is 202 g/mol. The van der Waals surface area contributed by atoms with Gasteiger partial charge in [-0.1, -0.05) is 41.5 Å². The fourth-order valence-corrected chi connectivity index (χ4v) is 5.54. The van der Waals surface area contributed by atoms with Crippen molar-refractivity contribution in [3.8, 4) is 0 Å². The zero-order valence-corrected chi connectivity index (χ0v) is 11.6. The zero-order chi connectivity index (χ0) is 10.9. The van der Waals surface area contributed by atoms with Gasteiger partial charge in [0, 0.05) is 6.61 Å². The van der Waals surface area contributed by atoms with Crippen LogP contribution >= 0.6 is 0 Å². The standard InChI is InChI=1S/C11H26OSi/c1-9-12-13(8,10(2,3)4)11(5,6)7/h9H2,1-8H3. The van der Waals surface area contributed by atoms with Crippen LogP contribution in [0.2, 0.25) is 16.6 Å². The lowest BCUT2D eigenvalue weighted by atomic mass is 10.2. The van der Waals surface area contributed by atoms with Gasteiger partial charge in [0.15, 0.2) is 8.32 Å². The molecule has 0 bridgehead atoms. The van der Waals surface area contributed by atoms with Crippen LogP contribution in [-0.2, 0) is 4.43 Å². The minimum atomic E-state index is -1.65. The van der Waals surface area contributed by atoms with Gasteiger partial charge >= 0.3 is 0 Å². The summed E-state index contributed by atoms with van der Waals surface area (Å²) >= 11 is 0. The molecule has 0 spiro atoms. The van der Waals surface area contributed by atoms with Crippen molar-refractivity contribution in [2.45, 2.75) is 65.1 Å². The Hall–Kier alpha value is 0.177. The molecule has 0 aliphatic rings. The van der Waals surface area contributed by atoms with Gasteiger partial charge in [0.25, 0.3) is 0 Å². The molecule has 13 heavy (non-hydrogen) atoms. The van der Waals surface area contributed by atoms with E-state index in [1.807, 2.05) is 0 Å². The minimum Gasteiger partial charge on any atom is -0.416 e. The van der Waals surface area contributed by atoms with Gasteiger partial charge in [0.1, 0.15) is 0 Å². The van der Waals surface area contributed by atoms with Gasteiger partial charge in [-0.15, -0.1) is 0 Å². The largest absolute Gasteiger partial charge is 0.416 e. The molecule has 0 aromatic rings. The Morgan fingerprint density at radius 2 is 1.23 bits per heavy atom. The summed E-state index contributed by atoms with van der Waals surface area (Å²) in [6.07, 6.45) is 0. The first kappa shape index (κ1) is 13.2. The van der Waals surface area contributed by atoms with Crippen molar-refractivity contribution < 1.29 is 4.43 Å². The van der Waals surface area contributed by atoms with E-state index in [1.54, 1.807) is 0 Å². The Kier molecular flexibility index (Phi) is 3.79. The highest BCUT2D eigenvalue weighted by atomic mass is 28.4. The first-order valence-electron chi connectivity index (χ1n) is 5.20. The maximum atomic E-state index is 6.10. The van der Waals surface area contributed by atoms with Gasteiger partial charge < -0.3 is 4.43 Å². The fourth-order valence-electron chi connectivity index (χ4n) is 1.85. The van der Waals surface area contributed by atoms with Crippen molar-refractivity contribution in [3.63, 3.8) is 0 Å². The highest BCUT2D eigenvalue weighted by molar-refractivity contribution is 6.78. The average Bonchev–Trinajstić information content (AvgIpc) is 1.82. The lowest BCUT2D eigenvalue weighted by molar-refractivity contribution is 0.278. The van der Waals surface area contributed by atoms with Crippen LogP contribution < -0.4 is 0 Å². The molecule has 0 aromatic heterocycles. The molecule has 2 heteroatoms. The predicted molar refractivity (Wildman–Crippen MR) is 62.7 cm³/mol. The molecule has 0 aliphatic heterocycles. The predicted octanol–water partition coefficient (Wildman–Crippen LogP) is 4.20. The molecule has 0 unspecified atom stereocenters. The minimum absolute atomic E-state index is 0.307. The second-order valence-corrected chi connectivity index (χ2v) is 11.3. The van der Waals surface area contributed by atoms with E-state index in [4.69, 9.17) is 4.43 Å². The summed E-state index contributed by atoms with van der Waals surface area (Å²) in [5.41, 5.74) is 0. The number of hydrogen-bond donors (Lipinski definition) is 0. The van der Waals surface area contributed by atoms with Crippen molar-refractivity contribution in [1.29, 1.82) is 0 Å². The third-order valence-electron chi connectivity index (χ3n) is 3.30. The fraction of sp³-hybridized carbons (Fsp3) is 1.00. The number of hydrogen-bond acceptors (Lipinski definition) is 1. The Labute approximate surface area is 85.0 Å². The zero-order valence-electron chi connectivity index (χ0n) is 10.6. The smallest absolute Gasteiger partial charge is 0.200 e. The van der Waals surface area contributed by atoms with Crippen molar-refractivity contribution in [1.82, 2.24) is 0 Å². The van der Waals surface area contributed by atoms with Crippen LogP contribution in [0.5, 0.6) is 0 Å². The summed E-state index contributed by atoms with van der Waals surface area (Å²) in [5.74, 6) is 0. The molecular weight excluding hydrogens is 176 g/mol. The van der Waals surface area contributed by atoms with E-state index in [9.17, 15) is 0 Å². The van der Waals surface area contributed by atoms with E-state index in [-0.39, 0.29) is 0 Å². The van der Waals surface area contributed by atoms with Crippen LogP contribution in [0.1, 0.15) is 48.5 Å². The van der Waals surface area contributed by atoms with Gasteiger partial charge in [0.05, 0.1) is 0 Å². The third-order valence-corrected chi connectivity index (χ3v) is 9.89. The van der Waals surface area contributed by atoms with Crippen LogP contribution in [0.15, 0.2) is 0 Å². The van der Waals surface area contributed by atoms with Crippen LogP contribution in [0.4, 0.5) is 0 Å². The van der Waals surface area contributed by atoms with E-state index in [0.717, 1.165) is 6.61 Å². The quantitative estimate of drug-likeness (QED) is 0.610. The summed E-state index contributed by atoms with van der Waals surface area (Å²) in [5, 5.41) is 0.614. The normalized spacial score (nSPS) is 14.8. The maximum Gasteiger partial charge on any atom is 0.200 e. The molecule has 0 atom stereocenters. The molecule has 0 amide bonds. The summed E-state index contributed by atoms with van der Waals surface area (Å²) in [4.78, 5) is 0. The lowest BCUT2D eigenvalue weighted by Gasteiger charge is -2.48. The van der Waals surface area contributed by atoms with E-state index in [0.29, 0.717) is 10.1 Å². The monoisotopic (exact) mass is 202 g/mol. The second kappa shape index (κ2) is 3.74. The molecule has 0 saturated carbocycles. The van der Waals surface area contributed by atoms with Gasteiger partial charge in [-0.05, 0) is 23.5 Å². The molecule has 0 aliphatic carbocycles. The maximum absolute atomic E-state index is 6.10.